The number of halogens is 1. The second-order valence-corrected chi connectivity index (χ2v) is 2.04. The van der Waals surface area contributed by atoms with Crippen LogP contribution in [0.25, 0.3) is 0 Å². The Morgan fingerprint density at radius 3 is 3.33 bits per heavy atom. The molecule has 1 aliphatic rings. The van der Waals surface area contributed by atoms with Gasteiger partial charge in [0.2, 0.25) is 0 Å². The van der Waals surface area contributed by atoms with Gasteiger partial charge in [-0.2, -0.15) is 0 Å². The van der Waals surface area contributed by atoms with Gasteiger partial charge < -0.3 is 0 Å². The van der Waals surface area contributed by atoms with Gasteiger partial charge >= 0.3 is 0 Å². The van der Waals surface area contributed by atoms with Crippen LogP contribution >= 0.6 is 11.6 Å². The first-order valence-corrected chi connectivity index (χ1v) is 3.41. The van der Waals surface area contributed by atoms with Crippen molar-refractivity contribution in [2.75, 3.05) is 5.88 Å². The van der Waals surface area contributed by atoms with Crippen LogP contribution in [-0.2, 0) is 0 Å². The summed E-state index contributed by atoms with van der Waals surface area (Å²) in [6, 6.07) is 0. The van der Waals surface area contributed by atoms with Crippen LogP contribution in [-0.4, -0.2) is 12.1 Å². The fourth-order valence-electron chi connectivity index (χ4n) is 0.624. The van der Waals surface area contributed by atoms with E-state index in [4.69, 9.17) is 11.6 Å². The minimum Gasteiger partial charge on any atom is -0.260 e. The van der Waals surface area contributed by atoms with Gasteiger partial charge in [0.1, 0.15) is 0 Å². The summed E-state index contributed by atoms with van der Waals surface area (Å²) in [5, 5.41) is 0. The second kappa shape index (κ2) is 3.46. The lowest BCUT2D eigenvalue weighted by Crippen LogP contribution is -1.77. The zero-order valence-corrected chi connectivity index (χ0v) is 5.80. The Bertz CT molecular complexity index is 168. The van der Waals surface area contributed by atoms with Gasteiger partial charge in [-0.3, -0.25) is 4.99 Å². The number of allylic oxidation sites excluding steroid dienone is 4. The highest BCUT2D eigenvalue weighted by Gasteiger charge is 1.89. The van der Waals surface area contributed by atoms with E-state index in [2.05, 4.69) is 4.99 Å². The molecule has 0 atom stereocenters. The lowest BCUT2D eigenvalue weighted by Gasteiger charge is -1.88. The summed E-state index contributed by atoms with van der Waals surface area (Å²) < 4.78 is 0. The number of rotatable bonds is 1. The molecule has 0 bridgehead atoms. The van der Waals surface area contributed by atoms with Crippen molar-refractivity contribution in [3.05, 3.63) is 23.9 Å². The van der Waals surface area contributed by atoms with Gasteiger partial charge in [0.25, 0.3) is 0 Å². The van der Waals surface area contributed by atoms with Gasteiger partial charge in [-0.15, -0.1) is 11.6 Å². The van der Waals surface area contributed by atoms with Crippen molar-refractivity contribution in [1.82, 2.24) is 0 Å². The lowest BCUT2D eigenvalue weighted by atomic mass is 10.3. The Morgan fingerprint density at radius 2 is 2.56 bits per heavy atom. The van der Waals surface area contributed by atoms with Crippen molar-refractivity contribution in [2.24, 2.45) is 4.99 Å². The quantitative estimate of drug-likeness (QED) is 0.496. The molecule has 1 aliphatic heterocycles. The Hall–Kier alpha value is -0.560. The predicted octanol–water partition coefficient (Wildman–Crippen LogP) is 2.14. The Balaban J connectivity index is 2.63. The van der Waals surface area contributed by atoms with Crippen LogP contribution in [0.3, 0.4) is 0 Å². The number of alkyl halides is 1. The molecule has 1 nitrogen and oxygen atoms in total. The first kappa shape index (κ1) is 6.56. The molecule has 0 amide bonds. The first-order chi connectivity index (χ1) is 4.43. The minimum atomic E-state index is 0.512. The van der Waals surface area contributed by atoms with Crippen LogP contribution in [0.1, 0.15) is 6.42 Å². The Morgan fingerprint density at radius 1 is 1.67 bits per heavy atom. The van der Waals surface area contributed by atoms with E-state index in [9.17, 15) is 0 Å². The van der Waals surface area contributed by atoms with Gasteiger partial charge in [-0.25, -0.2) is 0 Å². The van der Waals surface area contributed by atoms with Crippen LogP contribution in [0, 0.1) is 0 Å². The largest absolute Gasteiger partial charge is 0.260 e. The summed E-state index contributed by atoms with van der Waals surface area (Å²) in [5.74, 6) is 0.512. The van der Waals surface area contributed by atoms with E-state index in [0.29, 0.717) is 5.88 Å². The van der Waals surface area contributed by atoms with Gasteiger partial charge in [0, 0.05) is 6.21 Å². The third-order valence-corrected chi connectivity index (χ3v) is 1.36. The molecule has 2 heteroatoms. The molecule has 0 saturated heterocycles. The smallest absolute Gasteiger partial charge is 0.0644 e. The second-order valence-electron chi connectivity index (χ2n) is 1.77. The molecule has 0 aromatic heterocycles. The average molecular weight is 142 g/mol. The molecule has 1 heterocycles. The van der Waals surface area contributed by atoms with Crippen molar-refractivity contribution in [2.45, 2.75) is 6.42 Å². The molecule has 0 fully saturated rings. The summed E-state index contributed by atoms with van der Waals surface area (Å²) >= 11 is 5.54. The fraction of sp³-hybridized carbons (Fsp3) is 0.286. The molecule has 0 aliphatic carbocycles. The Kier molecular flexibility index (Phi) is 2.52. The molecular formula is C7H8ClN. The molecule has 0 unspecified atom stereocenters. The minimum absolute atomic E-state index is 0.512. The maximum absolute atomic E-state index is 5.54. The van der Waals surface area contributed by atoms with E-state index in [1.54, 1.807) is 6.21 Å². The maximum atomic E-state index is 5.54. The number of aliphatic imine (C=N–C) groups is 1. The van der Waals surface area contributed by atoms with Crippen LogP contribution in [0.4, 0.5) is 0 Å². The number of nitrogens with zero attached hydrogens (tertiary/aromatic N) is 1. The van der Waals surface area contributed by atoms with E-state index in [1.165, 1.54) is 0 Å². The first-order valence-electron chi connectivity index (χ1n) is 2.87. The molecule has 0 aromatic rings. The van der Waals surface area contributed by atoms with Crippen molar-refractivity contribution >= 4 is 17.8 Å². The summed E-state index contributed by atoms with van der Waals surface area (Å²) in [6.45, 7) is 0. The van der Waals surface area contributed by atoms with Crippen molar-refractivity contribution in [3.8, 4) is 0 Å². The summed E-state index contributed by atoms with van der Waals surface area (Å²) in [4.78, 5) is 4.06. The molecule has 0 spiro atoms. The van der Waals surface area contributed by atoms with E-state index >= 15 is 0 Å². The summed E-state index contributed by atoms with van der Waals surface area (Å²) in [7, 11) is 0. The van der Waals surface area contributed by atoms with E-state index in [-0.39, 0.29) is 0 Å². The zero-order chi connectivity index (χ0) is 6.53. The van der Waals surface area contributed by atoms with Crippen LogP contribution in [0.5, 0.6) is 0 Å². The van der Waals surface area contributed by atoms with Crippen molar-refractivity contribution in [3.63, 3.8) is 0 Å². The van der Waals surface area contributed by atoms with Crippen LogP contribution < -0.4 is 0 Å². The third-order valence-electron chi connectivity index (χ3n) is 1.09. The SMILES string of the molecule is ClCC1=CCC=CC=N1. The predicted molar refractivity (Wildman–Crippen MR) is 41.1 cm³/mol. The molecule has 9 heavy (non-hydrogen) atoms. The van der Waals surface area contributed by atoms with Gasteiger partial charge in [-0.05, 0) is 12.5 Å². The lowest BCUT2D eigenvalue weighted by molar-refractivity contribution is 1.26. The third kappa shape index (κ3) is 2.02. The molecular weight excluding hydrogens is 134 g/mol. The summed E-state index contributed by atoms with van der Waals surface area (Å²) in [5.41, 5.74) is 0.960. The molecule has 0 saturated carbocycles. The highest BCUT2D eigenvalue weighted by Crippen LogP contribution is 2.03. The van der Waals surface area contributed by atoms with Gasteiger partial charge in [0.15, 0.2) is 0 Å². The van der Waals surface area contributed by atoms with Crippen molar-refractivity contribution < 1.29 is 0 Å². The fourth-order valence-corrected chi connectivity index (χ4v) is 0.802. The van der Waals surface area contributed by atoms with Crippen LogP contribution in [0.2, 0.25) is 0 Å². The summed E-state index contributed by atoms with van der Waals surface area (Å²) in [6.07, 6.45) is 8.70. The highest BCUT2D eigenvalue weighted by molar-refractivity contribution is 6.19. The molecule has 0 aromatic carbocycles. The topological polar surface area (TPSA) is 12.4 Å². The van der Waals surface area contributed by atoms with E-state index < -0.39 is 0 Å². The standard InChI is InChI=1S/C7H8ClN/c8-6-7-4-2-1-3-5-9-7/h1,3-5H,2,6H2. The van der Waals surface area contributed by atoms with E-state index in [0.717, 1.165) is 12.1 Å². The molecule has 48 valence electrons. The van der Waals surface area contributed by atoms with E-state index in [1.807, 2.05) is 18.2 Å². The molecule has 1 rings (SSSR count). The zero-order valence-electron chi connectivity index (χ0n) is 5.05. The number of hydrogen-bond donors (Lipinski definition) is 0. The molecule has 0 radical (unpaired) electrons. The van der Waals surface area contributed by atoms with Crippen LogP contribution in [0.15, 0.2) is 28.9 Å². The highest BCUT2D eigenvalue weighted by atomic mass is 35.5. The van der Waals surface area contributed by atoms with Gasteiger partial charge in [0.05, 0.1) is 11.6 Å². The van der Waals surface area contributed by atoms with Gasteiger partial charge in [-0.1, -0.05) is 12.2 Å². The maximum Gasteiger partial charge on any atom is 0.0644 e. The van der Waals surface area contributed by atoms with Crippen molar-refractivity contribution in [1.29, 1.82) is 0 Å². The normalized spacial score (nSPS) is 17.2. The number of hydrogen-bond acceptors (Lipinski definition) is 1. The molecule has 0 N–H and O–H groups in total. The monoisotopic (exact) mass is 141 g/mol. The Labute approximate surface area is 59.7 Å². The average Bonchev–Trinajstić information content (AvgIpc) is 2.13.